The largest absolute Gasteiger partial charge is 0.375 e. The number of anilines is 2. The molecule has 7 nitrogen and oxygen atoms in total. The van der Waals surface area contributed by atoms with Crippen molar-refractivity contribution < 1.29 is 0 Å². The fourth-order valence-corrected chi connectivity index (χ4v) is 2.15. The molecule has 0 aliphatic carbocycles. The number of nitrogens with one attached hydrogen (secondary N) is 2. The summed E-state index contributed by atoms with van der Waals surface area (Å²) in [6, 6.07) is 7.62. The topological polar surface area (TPSA) is 91.5 Å². The van der Waals surface area contributed by atoms with Crippen LogP contribution >= 0.6 is 23.8 Å². The second kappa shape index (κ2) is 8.42. The summed E-state index contributed by atoms with van der Waals surface area (Å²) < 4.78 is 0. The Hall–Kier alpha value is -2.45. The van der Waals surface area contributed by atoms with Gasteiger partial charge in [-0.15, -0.1) is 0 Å². The van der Waals surface area contributed by atoms with E-state index in [9.17, 15) is 0 Å². The van der Waals surface area contributed by atoms with Crippen LogP contribution in [0.4, 0.5) is 11.8 Å². The van der Waals surface area contributed by atoms with E-state index < -0.39 is 0 Å². The number of hydrogen-bond acceptors (Lipinski definition) is 6. The molecule has 2 aromatic rings. The molecular weight excluding hydrogens is 346 g/mol. The zero-order valence-electron chi connectivity index (χ0n) is 13.3. The summed E-state index contributed by atoms with van der Waals surface area (Å²) in [5.41, 5.74) is 9.53. The van der Waals surface area contributed by atoms with Gasteiger partial charge in [0.25, 0.3) is 0 Å². The standard InChI is InChI=1S/C15H18ClN7S/c1-23(2)13-11(9-20-22-14(17)24)8-19-15(21-13)18-7-10-5-3-4-6-12(10)16/h3-6,8-9H,7H2,1-2H3,(H3,17,22,24)(H,18,19,21). The number of benzene rings is 1. The van der Waals surface area contributed by atoms with Crippen LogP contribution in [0.2, 0.25) is 5.02 Å². The molecule has 0 fully saturated rings. The Balaban J connectivity index is 2.14. The second-order valence-corrected chi connectivity index (χ2v) is 5.89. The number of hydrogen-bond donors (Lipinski definition) is 3. The summed E-state index contributed by atoms with van der Waals surface area (Å²) in [4.78, 5) is 10.6. The number of aromatic nitrogens is 2. The van der Waals surface area contributed by atoms with Crippen LogP contribution in [0.25, 0.3) is 0 Å². The molecule has 0 spiro atoms. The average Bonchev–Trinajstić information content (AvgIpc) is 2.54. The zero-order valence-corrected chi connectivity index (χ0v) is 14.9. The molecule has 2 rings (SSSR count). The molecule has 0 amide bonds. The van der Waals surface area contributed by atoms with Gasteiger partial charge in [0, 0.05) is 31.9 Å². The maximum absolute atomic E-state index is 6.15. The van der Waals surface area contributed by atoms with E-state index in [-0.39, 0.29) is 5.11 Å². The average molecular weight is 364 g/mol. The Bertz CT molecular complexity index is 748. The van der Waals surface area contributed by atoms with Crippen LogP contribution in [-0.4, -0.2) is 35.4 Å². The minimum Gasteiger partial charge on any atom is -0.375 e. The molecule has 126 valence electrons. The lowest BCUT2D eigenvalue weighted by Gasteiger charge is -2.15. The highest BCUT2D eigenvalue weighted by Gasteiger charge is 2.08. The highest BCUT2D eigenvalue weighted by Crippen LogP contribution is 2.18. The molecule has 0 saturated carbocycles. The Morgan fingerprint density at radius 2 is 2.17 bits per heavy atom. The predicted molar refractivity (Wildman–Crippen MR) is 103 cm³/mol. The zero-order chi connectivity index (χ0) is 17.5. The normalized spacial score (nSPS) is 10.6. The van der Waals surface area contributed by atoms with E-state index in [1.54, 1.807) is 12.4 Å². The minimum absolute atomic E-state index is 0.0941. The summed E-state index contributed by atoms with van der Waals surface area (Å²) in [5.74, 6) is 1.21. The van der Waals surface area contributed by atoms with Crippen LogP contribution in [0, 0.1) is 0 Å². The highest BCUT2D eigenvalue weighted by atomic mass is 35.5. The molecule has 0 unspecified atom stereocenters. The molecule has 0 atom stereocenters. The van der Waals surface area contributed by atoms with Gasteiger partial charge in [0.2, 0.25) is 5.95 Å². The van der Waals surface area contributed by atoms with Crippen molar-refractivity contribution in [1.82, 2.24) is 15.4 Å². The van der Waals surface area contributed by atoms with Gasteiger partial charge in [-0.05, 0) is 23.8 Å². The monoisotopic (exact) mass is 363 g/mol. The van der Waals surface area contributed by atoms with Crippen LogP contribution in [-0.2, 0) is 6.54 Å². The first-order valence-electron chi connectivity index (χ1n) is 7.07. The van der Waals surface area contributed by atoms with Crippen molar-refractivity contribution in [3.05, 3.63) is 46.6 Å². The second-order valence-electron chi connectivity index (χ2n) is 5.05. The van der Waals surface area contributed by atoms with Crippen molar-refractivity contribution in [2.45, 2.75) is 6.54 Å². The van der Waals surface area contributed by atoms with Gasteiger partial charge in [0.15, 0.2) is 5.11 Å². The van der Waals surface area contributed by atoms with Crippen LogP contribution in [0.3, 0.4) is 0 Å². The number of hydrazone groups is 1. The lowest BCUT2D eigenvalue weighted by Crippen LogP contribution is -2.24. The van der Waals surface area contributed by atoms with Gasteiger partial charge in [-0.1, -0.05) is 29.8 Å². The quantitative estimate of drug-likeness (QED) is 0.410. The van der Waals surface area contributed by atoms with E-state index in [1.807, 2.05) is 43.3 Å². The molecule has 0 saturated heterocycles. The molecule has 1 aromatic heterocycles. The van der Waals surface area contributed by atoms with Crippen molar-refractivity contribution in [2.75, 3.05) is 24.3 Å². The Kier molecular flexibility index (Phi) is 6.28. The van der Waals surface area contributed by atoms with Gasteiger partial charge in [-0.25, -0.2) is 4.98 Å². The van der Waals surface area contributed by atoms with Crippen LogP contribution in [0.5, 0.6) is 0 Å². The Morgan fingerprint density at radius 1 is 1.42 bits per heavy atom. The van der Waals surface area contributed by atoms with Crippen molar-refractivity contribution >= 4 is 46.9 Å². The van der Waals surface area contributed by atoms with Crippen molar-refractivity contribution in [3.63, 3.8) is 0 Å². The molecule has 0 radical (unpaired) electrons. The van der Waals surface area contributed by atoms with E-state index in [0.717, 1.165) is 11.1 Å². The summed E-state index contributed by atoms with van der Waals surface area (Å²) >= 11 is 10.8. The summed E-state index contributed by atoms with van der Waals surface area (Å²) in [6.07, 6.45) is 3.23. The Morgan fingerprint density at radius 3 is 2.83 bits per heavy atom. The first-order valence-corrected chi connectivity index (χ1v) is 7.86. The molecule has 1 heterocycles. The van der Waals surface area contributed by atoms with Gasteiger partial charge in [0.05, 0.1) is 11.8 Å². The van der Waals surface area contributed by atoms with E-state index in [1.165, 1.54) is 0 Å². The molecule has 0 bridgehead atoms. The van der Waals surface area contributed by atoms with Crippen LogP contribution < -0.4 is 21.4 Å². The van der Waals surface area contributed by atoms with Crippen molar-refractivity contribution in [2.24, 2.45) is 10.8 Å². The molecule has 0 aliphatic heterocycles. The SMILES string of the molecule is CN(C)c1nc(NCc2ccccc2Cl)ncc1C=NNC(N)=S. The van der Waals surface area contributed by atoms with E-state index in [0.29, 0.717) is 23.3 Å². The lowest BCUT2D eigenvalue weighted by atomic mass is 10.2. The molecule has 24 heavy (non-hydrogen) atoms. The van der Waals surface area contributed by atoms with E-state index in [4.69, 9.17) is 29.6 Å². The maximum Gasteiger partial charge on any atom is 0.224 e. The smallest absolute Gasteiger partial charge is 0.224 e. The van der Waals surface area contributed by atoms with Crippen LogP contribution in [0.1, 0.15) is 11.1 Å². The van der Waals surface area contributed by atoms with E-state index in [2.05, 4.69) is 25.8 Å². The Labute approximate surface area is 150 Å². The fraction of sp³-hybridized carbons (Fsp3) is 0.200. The minimum atomic E-state index is 0.0941. The number of nitrogens with two attached hydrogens (primary N) is 1. The molecular formula is C15H18ClN7S. The molecule has 0 aliphatic rings. The van der Waals surface area contributed by atoms with Gasteiger partial charge in [0.1, 0.15) is 5.82 Å². The number of thiocarbonyl (C=S) groups is 1. The molecule has 4 N–H and O–H groups in total. The predicted octanol–water partition coefficient (Wildman–Crippen LogP) is 1.98. The lowest BCUT2D eigenvalue weighted by molar-refractivity contribution is 0.998. The fourth-order valence-electron chi connectivity index (χ4n) is 1.90. The van der Waals surface area contributed by atoms with Gasteiger partial charge >= 0.3 is 0 Å². The number of halogens is 1. The summed E-state index contributed by atoms with van der Waals surface area (Å²) in [7, 11) is 3.77. The number of rotatable bonds is 6. The van der Waals surface area contributed by atoms with E-state index >= 15 is 0 Å². The highest BCUT2D eigenvalue weighted by molar-refractivity contribution is 7.80. The maximum atomic E-state index is 6.15. The van der Waals surface area contributed by atoms with Gasteiger partial charge in [-0.2, -0.15) is 10.1 Å². The third kappa shape index (κ3) is 5.04. The number of nitrogens with zero attached hydrogens (tertiary/aromatic N) is 4. The first-order chi connectivity index (χ1) is 11.5. The summed E-state index contributed by atoms with van der Waals surface area (Å²) in [6.45, 7) is 0.531. The third-order valence-corrected chi connectivity index (χ3v) is 3.45. The van der Waals surface area contributed by atoms with Gasteiger partial charge in [-0.3, -0.25) is 5.43 Å². The first kappa shape index (κ1) is 17.9. The molecule has 1 aromatic carbocycles. The molecule has 9 heteroatoms. The summed E-state index contributed by atoms with van der Waals surface area (Å²) in [5, 5.41) is 7.89. The third-order valence-electron chi connectivity index (χ3n) is 2.99. The van der Waals surface area contributed by atoms with Crippen molar-refractivity contribution in [3.8, 4) is 0 Å². The van der Waals surface area contributed by atoms with Crippen molar-refractivity contribution in [1.29, 1.82) is 0 Å². The van der Waals surface area contributed by atoms with Crippen LogP contribution in [0.15, 0.2) is 35.6 Å². The van der Waals surface area contributed by atoms with Gasteiger partial charge < -0.3 is 16.0 Å².